The Morgan fingerprint density at radius 1 is 1.35 bits per heavy atom. The van der Waals surface area contributed by atoms with Crippen LogP contribution in [0.4, 0.5) is 4.39 Å². The first-order valence-electron chi connectivity index (χ1n) is 6.54. The van der Waals surface area contributed by atoms with Gasteiger partial charge >= 0.3 is 0 Å². The van der Waals surface area contributed by atoms with Gasteiger partial charge in [-0.3, -0.25) is 0 Å². The predicted molar refractivity (Wildman–Crippen MR) is 82.0 cm³/mol. The fraction of sp³-hybridized carbons (Fsp3) is 0.400. The van der Waals surface area contributed by atoms with Gasteiger partial charge in [-0.15, -0.1) is 0 Å². The molecule has 0 saturated carbocycles. The minimum Gasteiger partial charge on any atom is -0.329 e. The maximum Gasteiger partial charge on any atom is 0.124 e. The smallest absolute Gasteiger partial charge is 0.124 e. The van der Waals surface area contributed by atoms with Crippen molar-refractivity contribution in [2.45, 2.75) is 39.4 Å². The Labute approximate surface area is 127 Å². The van der Waals surface area contributed by atoms with Crippen molar-refractivity contribution < 1.29 is 4.39 Å². The Bertz CT molecular complexity index is 587. The number of nitrogens with one attached hydrogen (secondary N) is 1. The summed E-state index contributed by atoms with van der Waals surface area (Å²) in [7, 11) is 0. The molecule has 2 rings (SSSR count). The van der Waals surface area contributed by atoms with Gasteiger partial charge in [0.05, 0.1) is 6.54 Å². The maximum atomic E-state index is 13.1. The molecule has 20 heavy (non-hydrogen) atoms. The molecule has 0 bridgehead atoms. The van der Waals surface area contributed by atoms with Gasteiger partial charge in [0.1, 0.15) is 11.6 Å². The normalized spacial score (nSPS) is 11.8. The molecule has 2 aromatic rings. The second-order valence-electron chi connectivity index (χ2n) is 5.81. The fourth-order valence-electron chi connectivity index (χ4n) is 1.83. The van der Waals surface area contributed by atoms with Gasteiger partial charge in [0.15, 0.2) is 0 Å². The number of rotatable bonds is 4. The minimum absolute atomic E-state index is 0.0488. The van der Waals surface area contributed by atoms with E-state index in [2.05, 4.69) is 51.6 Å². The van der Waals surface area contributed by atoms with E-state index in [0.717, 1.165) is 15.9 Å². The molecule has 0 aliphatic carbocycles. The van der Waals surface area contributed by atoms with Crippen molar-refractivity contribution in [1.82, 2.24) is 14.9 Å². The van der Waals surface area contributed by atoms with E-state index >= 15 is 0 Å². The van der Waals surface area contributed by atoms with Gasteiger partial charge in [0.25, 0.3) is 0 Å². The SMILES string of the molecule is CC(C)(C)NCc1nccn1Cc1ccc(F)cc1Br. The summed E-state index contributed by atoms with van der Waals surface area (Å²) in [6.45, 7) is 7.74. The average molecular weight is 340 g/mol. The zero-order chi connectivity index (χ0) is 14.8. The molecule has 0 atom stereocenters. The van der Waals surface area contributed by atoms with Crippen molar-refractivity contribution in [3.8, 4) is 0 Å². The first-order valence-corrected chi connectivity index (χ1v) is 7.33. The highest BCUT2D eigenvalue weighted by molar-refractivity contribution is 9.10. The highest BCUT2D eigenvalue weighted by Crippen LogP contribution is 2.19. The largest absolute Gasteiger partial charge is 0.329 e. The second kappa shape index (κ2) is 6.06. The maximum absolute atomic E-state index is 13.1. The number of imidazole rings is 1. The lowest BCUT2D eigenvalue weighted by molar-refractivity contribution is 0.413. The molecule has 0 fully saturated rings. The summed E-state index contributed by atoms with van der Waals surface area (Å²) in [6.07, 6.45) is 3.73. The van der Waals surface area contributed by atoms with E-state index in [4.69, 9.17) is 0 Å². The number of benzene rings is 1. The van der Waals surface area contributed by atoms with E-state index in [-0.39, 0.29) is 11.4 Å². The molecule has 0 spiro atoms. The van der Waals surface area contributed by atoms with Crippen molar-refractivity contribution >= 4 is 15.9 Å². The second-order valence-corrected chi connectivity index (χ2v) is 6.66. The topological polar surface area (TPSA) is 29.9 Å². The Kier molecular flexibility index (Phi) is 4.60. The Morgan fingerprint density at radius 3 is 2.75 bits per heavy atom. The predicted octanol–water partition coefficient (Wildman–Crippen LogP) is 3.72. The van der Waals surface area contributed by atoms with E-state index in [1.807, 2.05) is 6.20 Å². The molecule has 0 aliphatic heterocycles. The summed E-state index contributed by atoms with van der Waals surface area (Å²) >= 11 is 3.40. The molecule has 5 heteroatoms. The fourth-order valence-corrected chi connectivity index (χ4v) is 2.31. The Balaban J connectivity index is 2.12. The third-order valence-electron chi connectivity index (χ3n) is 2.93. The number of halogens is 2. The Hall–Kier alpha value is -1.20. The van der Waals surface area contributed by atoms with Gasteiger partial charge in [0.2, 0.25) is 0 Å². The lowest BCUT2D eigenvalue weighted by atomic mass is 10.1. The summed E-state index contributed by atoms with van der Waals surface area (Å²) < 4.78 is 15.9. The molecule has 0 unspecified atom stereocenters. The van der Waals surface area contributed by atoms with Crippen LogP contribution in [0.2, 0.25) is 0 Å². The van der Waals surface area contributed by atoms with E-state index in [1.54, 1.807) is 12.3 Å². The van der Waals surface area contributed by atoms with Crippen LogP contribution in [-0.2, 0) is 13.1 Å². The molecule has 1 N–H and O–H groups in total. The number of aromatic nitrogens is 2. The highest BCUT2D eigenvalue weighted by Gasteiger charge is 2.12. The van der Waals surface area contributed by atoms with Gasteiger partial charge < -0.3 is 9.88 Å². The molecule has 1 aromatic heterocycles. The molecule has 0 amide bonds. The standard InChI is InChI=1S/C15H19BrFN3/c1-15(2,3)19-9-14-18-6-7-20(14)10-11-4-5-12(17)8-13(11)16/h4-8,19H,9-10H2,1-3H3. The monoisotopic (exact) mass is 339 g/mol. The third-order valence-corrected chi connectivity index (χ3v) is 3.67. The van der Waals surface area contributed by atoms with E-state index in [1.165, 1.54) is 12.1 Å². The van der Waals surface area contributed by atoms with Gasteiger partial charge in [-0.05, 0) is 38.5 Å². The number of nitrogens with zero attached hydrogens (tertiary/aromatic N) is 2. The summed E-state index contributed by atoms with van der Waals surface area (Å²) in [4.78, 5) is 4.37. The summed E-state index contributed by atoms with van der Waals surface area (Å²) in [5.41, 5.74) is 1.08. The Morgan fingerprint density at radius 2 is 2.10 bits per heavy atom. The number of hydrogen-bond donors (Lipinski definition) is 1. The van der Waals surface area contributed by atoms with Gasteiger partial charge in [-0.1, -0.05) is 22.0 Å². The lowest BCUT2D eigenvalue weighted by Gasteiger charge is -2.20. The first-order chi connectivity index (χ1) is 9.35. The van der Waals surface area contributed by atoms with E-state index in [9.17, 15) is 4.39 Å². The third kappa shape index (κ3) is 4.15. The van der Waals surface area contributed by atoms with Crippen LogP contribution in [0.3, 0.4) is 0 Å². The van der Waals surface area contributed by atoms with Crippen LogP contribution in [0.15, 0.2) is 35.1 Å². The molecular formula is C15H19BrFN3. The van der Waals surface area contributed by atoms with Crippen LogP contribution in [0.1, 0.15) is 32.2 Å². The molecular weight excluding hydrogens is 321 g/mol. The quantitative estimate of drug-likeness (QED) is 0.919. The zero-order valence-electron chi connectivity index (χ0n) is 12.0. The first kappa shape index (κ1) is 15.2. The summed E-state index contributed by atoms with van der Waals surface area (Å²) in [6, 6.07) is 4.75. The highest BCUT2D eigenvalue weighted by atomic mass is 79.9. The van der Waals surface area contributed by atoms with Crippen molar-refractivity contribution in [2.24, 2.45) is 0 Å². The van der Waals surface area contributed by atoms with E-state index in [0.29, 0.717) is 13.1 Å². The van der Waals surface area contributed by atoms with E-state index < -0.39 is 0 Å². The molecule has 0 saturated heterocycles. The molecule has 3 nitrogen and oxygen atoms in total. The average Bonchev–Trinajstić information content (AvgIpc) is 2.77. The van der Waals surface area contributed by atoms with Crippen molar-refractivity contribution in [3.63, 3.8) is 0 Å². The van der Waals surface area contributed by atoms with Crippen LogP contribution < -0.4 is 5.32 Å². The van der Waals surface area contributed by atoms with Gasteiger partial charge in [-0.25, -0.2) is 9.37 Å². The minimum atomic E-state index is -0.235. The van der Waals surface area contributed by atoms with Crippen LogP contribution >= 0.6 is 15.9 Å². The van der Waals surface area contributed by atoms with Crippen LogP contribution in [0.5, 0.6) is 0 Å². The molecule has 0 radical (unpaired) electrons. The lowest BCUT2D eigenvalue weighted by Crippen LogP contribution is -2.36. The number of hydrogen-bond acceptors (Lipinski definition) is 2. The summed E-state index contributed by atoms with van der Waals surface area (Å²) in [5.74, 6) is 0.733. The molecule has 1 heterocycles. The van der Waals surface area contributed by atoms with Gasteiger partial charge in [0, 0.05) is 29.0 Å². The van der Waals surface area contributed by atoms with Crippen LogP contribution in [-0.4, -0.2) is 15.1 Å². The van der Waals surface area contributed by atoms with Crippen LogP contribution in [0, 0.1) is 5.82 Å². The zero-order valence-corrected chi connectivity index (χ0v) is 13.5. The van der Waals surface area contributed by atoms with Crippen molar-refractivity contribution in [3.05, 3.63) is 52.3 Å². The molecule has 0 aliphatic rings. The molecule has 1 aromatic carbocycles. The van der Waals surface area contributed by atoms with Gasteiger partial charge in [-0.2, -0.15) is 0 Å². The van der Waals surface area contributed by atoms with Crippen molar-refractivity contribution in [2.75, 3.05) is 0 Å². The van der Waals surface area contributed by atoms with Crippen molar-refractivity contribution in [1.29, 1.82) is 0 Å². The molecule has 108 valence electrons. The van der Waals surface area contributed by atoms with Crippen LogP contribution in [0.25, 0.3) is 0 Å². The summed E-state index contributed by atoms with van der Waals surface area (Å²) in [5, 5.41) is 3.42.